The number of hydrogen-bond donors (Lipinski definition) is 2. The van der Waals surface area contributed by atoms with E-state index in [-0.39, 0.29) is 18.3 Å². The maximum atomic E-state index is 12.3. The van der Waals surface area contributed by atoms with Crippen LogP contribution in [0.4, 0.5) is 0 Å². The van der Waals surface area contributed by atoms with E-state index in [0.717, 1.165) is 49.8 Å². The molecule has 132 valence electrons. The van der Waals surface area contributed by atoms with Gasteiger partial charge in [-0.25, -0.2) is 0 Å². The molecule has 1 saturated heterocycles. The van der Waals surface area contributed by atoms with Gasteiger partial charge in [-0.05, 0) is 24.3 Å². The molecule has 0 spiro atoms. The molecule has 0 atom stereocenters. The zero-order chi connectivity index (χ0) is 16.1. The van der Waals surface area contributed by atoms with Gasteiger partial charge in [-0.15, -0.1) is 12.4 Å². The largest absolute Gasteiger partial charge is 0.497 e. The van der Waals surface area contributed by atoms with E-state index >= 15 is 0 Å². The highest BCUT2D eigenvalue weighted by Crippen LogP contribution is 2.29. The zero-order valence-corrected chi connectivity index (χ0v) is 14.7. The van der Waals surface area contributed by atoms with Crippen LogP contribution in [0.5, 0.6) is 11.5 Å². The first-order valence-corrected chi connectivity index (χ1v) is 7.99. The standard InChI is InChI=1S/C17H23N3O3.ClH/c1-22-15-2-3-16-13(11-15)10-14(12-23-16)17(21)19-6-9-20-7-4-18-5-8-20;/h2-3,10-11,18H,4-9,12H2,1H3,(H,19,21);1H. The number of nitrogens with zero attached hydrogens (tertiary/aromatic N) is 1. The molecule has 2 aliphatic heterocycles. The van der Waals surface area contributed by atoms with Crippen molar-refractivity contribution in [2.45, 2.75) is 0 Å². The number of piperazine rings is 1. The summed E-state index contributed by atoms with van der Waals surface area (Å²) >= 11 is 0. The summed E-state index contributed by atoms with van der Waals surface area (Å²) in [5, 5.41) is 6.30. The van der Waals surface area contributed by atoms with Crippen LogP contribution in [0.1, 0.15) is 5.56 Å². The summed E-state index contributed by atoms with van der Waals surface area (Å²) in [7, 11) is 1.62. The number of rotatable bonds is 5. The Morgan fingerprint density at radius 3 is 2.92 bits per heavy atom. The minimum Gasteiger partial charge on any atom is -0.497 e. The van der Waals surface area contributed by atoms with Gasteiger partial charge in [0.1, 0.15) is 18.1 Å². The molecule has 0 radical (unpaired) electrons. The van der Waals surface area contributed by atoms with Gasteiger partial charge >= 0.3 is 0 Å². The van der Waals surface area contributed by atoms with E-state index in [9.17, 15) is 4.79 Å². The molecule has 2 N–H and O–H groups in total. The van der Waals surface area contributed by atoms with Crippen LogP contribution in [0.3, 0.4) is 0 Å². The monoisotopic (exact) mass is 353 g/mol. The van der Waals surface area contributed by atoms with Crippen LogP contribution < -0.4 is 20.1 Å². The summed E-state index contributed by atoms with van der Waals surface area (Å²) in [6.07, 6.45) is 1.88. The average Bonchev–Trinajstić information content (AvgIpc) is 2.61. The van der Waals surface area contributed by atoms with Crippen LogP contribution in [0.2, 0.25) is 0 Å². The lowest BCUT2D eigenvalue weighted by Crippen LogP contribution is -2.46. The first-order chi connectivity index (χ1) is 11.3. The molecule has 24 heavy (non-hydrogen) atoms. The van der Waals surface area contributed by atoms with Crippen LogP contribution in [-0.2, 0) is 4.79 Å². The molecule has 1 fully saturated rings. The van der Waals surface area contributed by atoms with Crippen molar-refractivity contribution < 1.29 is 14.3 Å². The third-order valence-electron chi connectivity index (χ3n) is 4.14. The van der Waals surface area contributed by atoms with E-state index in [2.05, 4.69) is 15.5 Å². The SMILES string of the molecule is COc1ccc2c(c1)C=C(C(=O)NCCN1CCNCC1)CO2.Cl. The van der Waals surface area contributed by atoms with Gasteiger partial charge in [-0.1, -0.05) is 0 Å². The van der Waals surface area contributed by atoms with Gasteiger partial charge in [-0.3, -0.25) is 9.69 Å². The Morgan fingerprint density at radius 1 is 1.38 bits per heavy atom. The first-order valence-electron chi connectivity index (χ1n) is 7.99. The number of methoxy groups -OCH3 is 1. The molecule has 7 heteroatoms. The molecular weight excluding hydrogens is 330 g/mol. The summed E-state index contributed by atoms with van der Waals surface area (Å²) < 4.78 is 10.9. The van der Waals surface area contributed by atoms with Crippen molar-refractivity contribution in [3.8, 4) is 11.5 Å². The summed E-state index contributed by atoms with van der Waals surface area (Å²) in [6.45, 7) is 5.95. The average molecular weight is 354 g/mol. The quantitative estimate of drug-likeness (QED) is 0.824. The third kappa shape index (κ3) is 4.63. The van der Waals surface area contributed by atoms with Gasteiger partial charge in [0.05, 0.1) is 12.7 Å². The van der Waals surface area contributed by atoms with E-state index < -0.39 is 0 Å². The fourth-order valence-electron chi connectivity index (χ4n) is 2.79. The van der Waals surface area contributed by atoms with E-state index in [4.69, 9.17) is 9.47 Å². The predicted molar refractivity (Wildman–Crippen MR) is 96.0 cm³/mol. The summed E-state index contributed by atoms with van der Waals surface area (Å²) in [5.74, 6) is 1.47. The molecule has 0 aliphatic carbocycles. The number of hydrogen-bond acceptors (Lipinski definition) is 5. The number of benzene rings is 1. The van der Waals surface area contributed by atoms with Crippen molar-refractivity contribution in [3.05, 3.63) is 29.3 Å². The topological polar surface area (TPSA) is 62.8 Å². The van der Waals surface area contributed by atoms with Crippen molar-refractivity contribution in [1.29, 1.82) is 0 Å². The van der Waals surface area contributed by atoms with E-state index in [1.807, 2.05) is 24.3 Å². The van der Waals surface area contributed by atoms with Crippen molar-refractivity contribution in [2.24, 2.45) is 0 Å². The molecule has 6 nitrogen and oxygen atoms in total. The highest BCUT2D eigenvalue weighted by atomic mass is 35.5. The van der Waals surface area contributed by atoms with Crippen molar-refractivity contribution in [2.75, 3.05) is 53.0 Å². The van der Waals surface area contributed by atoms with E-state index in [1.54, 1.807) is 7.11 Å². The second kappa shape index (κ2) is 8.92. The van der Waals surface area contributed by atoms with E-state index in [1.165, 1.54) is 0 Å². The van der Waals surface area contributed by atoms with E-state index in [0.29, 0.717) is 18.7 Å². The van der Waals surface area contributed by atoms with Crippen molar-refractivity contribution in [3.63, 3.8) is 0 Å². The molecule has 0 bridgehead atoms. The fraction of sp³-hybridized carbons (Fsp3) is 0.471. The molecular formula is C17H24ClN3O3. The number of ether oxygens (including phenoxy) is 2. The molecule has 0 saturated carbocycles. The predicted octanol–water partition coefficient (Wildman–Crippen LogP) is 0.914. The van der Waals surface area contributed by atoms with Gasteiger partial charge in [-0.2, -0.15) is 0 Å². The minimum absolute atomic E-state index is 0. The molecule has 1 aromatic carbocycles. The lowest BCUT2D eigenvalue weighted by molar-refractivity contribution is -0.117. The molecule has 1 amide bonds. The van der Waals surface area contributed by atoms with Crippen LogP contribution in [0.15, 0.2) is 23.8 Å². The second-order valence-corrected chi connectivity index (χ2v) is 5.71. The Hall–Kier alpha value is -1.76. The molecule has 2 aliphatic rings. The molecule has 2 heterocycles. The zero-order valence-electron chi connectivity index (χ0n) is 13.8. The van der Waals surface area contributed by atoms with Crippen molar-refractivity contribution in [1.82, 2.24) is 15.5 Å². The number of amides is 1. The summed E-state index contributed by atoms with van der Waals surface area (Å²) in [5.41, 5.74) is 1.52. The summed E-state index contributed by atoms with van der Waals surface area (Å²) in [4.78, 5) is 14.6. The Labute approximate surface area is 148 Å². The van der Waals surface area contributed by atoms with Crippen molar-refractivity contribution >= 4 is 24.4 Å². The van der Waals surface area contributed by atoms with Crippen LogP contribution >= 0.6 is 12.4 Å². The lowest BCUT2D eigenvalue weighted by atomic mass is 10.1. The number of fused-ring (bicyclic) bond motifs is 1. The maximum absolute atomic E-state index is 12.3. The smallest absolute Gasteiger partial charge is 0.250 e. The molecule has 0 aromatic heterocycles. The van der Waals surface area contributed by atoms with Gasteiger partial charge in [0.15, 0.2) is 0 Å². The number of halogens is 1. The van der Waals surface area contributed by atoms with Crippen LogP contribution in [0, 0.1) is 0 Å². The second-order valence-electron chi connectivity index (χ2n) is 5.71. The third-order valence-corrected chi connectivity index (χ3v) is 4.14. The Balaban J connectivity index is 0.00000208. The van der Waals surface area contributed by atoms with Gasteiger partial charge in [0, 0.05) is 44.8 Å². The first kappa shape index (κ1) is 18.6. The Kier molecular flexibility index (Phi) is 6.90. The van der Waals surface area contributed by atoms with Gasteiger partial charge in [0.2, 0.25) is 0 Å². The van der Waals surface area contributed by atoms with Crippen LogP contribution in [-0.4, -0.2) is 63.8 Å². The fourth-order valence-corrected chi connectivity index (χ4v) is 2.79. The lowest BCUT2D eigenvalue weighted by Gasteiger charge is -2.27. The summed E-state index contributed by atoms with van der Waals surface area (Å²) in [6, 6.07) is 5.59. The molecule has 1 aromatic rings. The number of carbonyl (C=O) groups is 1. The highest BCUT2D eigenvalue weighted by molar-refractivity contribution is 5.99. The van der Waals surface area contributed by atoms with Crippen LogP contribution in [0.25, 0.3) is 6.08 Å². The number of carbonyl (C=O) groups excluding carboxylic acids is 1. The maximum Gasteiger partial charge on any atom is 0.250 e. The highest BCUT2D eigenvalue weighted by Gasteiger charge is 2.18. The van der Waals surface area contributed by atoms with Gasteiger partial charge < -0.3 is 20.1 Å². The van der Waals surface area contributed by atoms with Gasteiger partial charge in [0.25, 0.3) is 5.91 Å². The normalized spacial score (nSPS) is 17.0. The minimum atomic E-state index is -0.0615. The number of nitrogens with one attached hydrogen (secondary N) is 2. The molecule has 0 unspecified atom stereocenters. The Bertz CT molecular complexity index is 601. The molecule has 3 rings (SSSR count). The Morgan fingerprint density at radius 2 is 2.17 bits per heavy atom.